The van der Waals surface area contributed by atoms with Crippen molar-refractivity contribution < 1.29 is 49.1 Å². The Balaban J connectivity index is 1.54. The first-order chi connectivity index (χ1) is 23.4. The number of unbranched alkanes of at least 4 members (excludes halogenated alkanes) is 1. The lowest BCUT2D eigenvalue weighted by molar-refractivity contribution is 0.0123. The molecule has 2 heterocycles. The predicted molar refractivity (Wildman–Crippen MR) is 189 cm³/mol. The van der Waals surface area contributed by atoms with Gasteiger partial charge in [0, 0.05) is 13.1 Å². The molecule has 15 nitrogen and oxygen atoms in total. The number of nitrogens with zero attached hydrogens (tertiary/aromatic N) is 1. The van der Waals surface area contributed by atoms with Crippen LogP contribution in [-0.2, 0) is 39.4 Å². The molecule has 274 valence electrons. The molecule has 19 heteroatoms. The maximum atomic E-state index is 13.4. The van der Waals surface area contributed by atoms with E-state index in [0.717, 1.165) is 23.8 Å². The smallest absolute Gasteiger partial charge is 0.410 e. The quantitative estimate of drug-likeness (QED) is 0.182. The summed E-state index contributed by atoms with van der Waals surface area (Å²) in [7, 11) is -12.6. The van der Waals surface area contributed by atoms with E-state index in [4.69, 9.17) is 24.5 Å². The van der Waals surface area contributed by atoms with Crippen LogP contribution in [0.5, 0.6) is 11.5 Å². The average Bonchev–Trinajstić information content (AvgIpc) is 3.27. The molecular weight excluding hydrogens is 733 g/mol. The monoisotopic (exact) mass is 772 g/mol. The number of sulfonamides is 2. The van der Waals surface area contributed by atoms with E-state index in [-0.39, 0.29) is 34.2 Å². The number of sulfone groups is 1. The fraction of sp³-hybridized carbons (Fsp3) is 0.419. The molecule has 0 bridgehead atoms. The molecule has 1 unspecified atom stereocenters. The van der Waals surface area contributed by atoms with Gasteiger partial charge >= 0.3 is 12.1 Å². The topological polar surface area (TPSA) is 232 Å². The summed E-state index contributed by atoms with van der Waals surface area (Å²) in [6, 6.07) is 9.76. The highest BCUT2D eigenvalue weighted by atomic mass is 32.3. The van der Waals surface area contributed by atoms with Gasteiger partial charge in [-0.15, -0.1) is 0 Å². The van der Waals surface area contributed by atoms with Crippen LogP contribution in [0.4, 0.5) is 10.5 Å². The number of amides is 1. The number of benzene rings is 2. The second kappa shape index (κ2) is 15.7. The summed E-state index contributed by atoms with van der Waals surface area (Å²) in [5.41, 5.74) is 0.369. The van der Waals surface area contributed by atoms with Gasteiger partial charge in [0.25, 0.3) is 0 Å². The second-order valence-corrected chi connectivity index (χ2v) is 18.6. The number of ether oxygens (including phenoxy) is 3. The standard InChI is InChI=1S/C31H40N4O11S4/c1-5-7-13-34-24-15-21(16-26(49(32,40)41)28(24)46-22-11-9-8-10-12-22)29(36)44-18-19(3)45-31(37)35(6-2)25-17-27(50(33,42)43)47-30-23(25)14-20(4)48(30,38)39/h8-12,15-17,19-20,25,34H,5-7,13-14,18H2,1-4H3,(H2,32,40,41)(H2,33,42,43)/t19?,20-,25-/m0/s1. The number of primary sulfonamides is 2. The van der Waals surface area contributed by atoms with Crippen LogP contribution >= 0.6 is 11.8 Å². The molecule has 2 aliphatic rings. The number of para-hydroxylation sites is 1. The number of likely N-dealkylation sites (N-methyl/N-ethyl adjacent to an activating group) is 1. The number of carbonyl (C=O) groups is 2. The Kier molecular flexibility index (Phi) is 12.3. The maximum Gasteiger partial charge on any atom is 0.410 e. The number of esters is 1. The summed E-state index contributed by atoms with van der Waals surface area (Å²) >= 11 is 0.542. The van der Waals surface area contributed by atoms with E-state index in [2.05, 4.69) is 5.32 Å². The minimum absolute atomic E-state index is 0.00182. The number of thioether (sulfide) groups is 1. The van der Waals surface area contributed by atoms with Gasteiger partial charge in [-0.25, -0.2) is 45.1 Å². The van der Waals surface area contributed by atoms with Gasteiger partial charge in [0.05, 0.1) is 22.5 Å². The molecule has 4 rings (SSSR count). The molecule has 3 atom stereocenters. The van der Waals surface area contributed by atoms with E-state index < -0.39 is 75.1 Å². The van der Waals surface area contributed by atoms with Crippen molar-refractivity contribution in [3.8, 4) is 11.5 Å². The van der Waals surface area contributed by atoms with E-state index in [1.54, 1.807) is 37.3 Å². The zero-order chi connectivity index (χ0) is 37.0. The van der Waals surface area contributed by atoms with Gasteiger partial charge in [-0.1, -0.05) is 43.3 Å². The van der Waals surface area contributed by atoms with Crippen molar-refractivity contribution >= 4 is 59.4 Å². The van der Waals surface area contributed by atoms with E-state index in [9.17, 15) is 34.8 Å². The molecule has 2 aromatic carbocycles. The third-order valence-electron chi connectivity index (χ3n) is 7.75. The van der Waals surface area contributed by atoms with E-state index in [0.29, 0.717) is 29.6 Å². The number of nitrogens with two attached hydrogens (primary N) is 2. The Bertz CT molecular complexity index is 2020. The van der Waals surface area contributed by atoms with Gasteiger partial charge < -0.3 is 19.5 Å². The molecule has 1 amide bonds. The van der Waals surface area contributed by atoms with Gasteiger partial charge in [0.2, 0.25) is 20.0 Å². The molecule has 0 spiro atoms. The summed E-state index contributed by atoms with van der Waals surface area (Å²) in [6.07, 6.45) is 0.892. The highest BCUT2D eigenvalue weighted by Gasteiger charge is 2.45. The molecule has 0 fully saturated rings. The molecule has 0 aromatic heterocycles. The van der Waals surface area contributed by atoms with Gasteiger partial charge in [-0.3, -0.25) is 4.90 Å². The number of nitrogens with one attached hydrogen (secondary N) is 1. The summed E-state index contributed by atoms with van der Waals surface area (Å²) in [5.74, 6) is -0.709. The largest absolute Gasteiger partial charge is 0.458 e. The second-order valence-electron chi connectivity index (χ2n) is 11.6. The highest BCUT2D eigenvalue weighted by Crippen LogP contribution is 2.49. The van der Waals surface area contributed by atoms with Gasteiger partial charge in [-0.2, -0.15) is 0 Å². The summed E-state index contributed by atoms with van der Waals surface area (Å²) in [4.78, 5) is 27.3. The average molecular weight is 773 g/mol. The van der Waals surface area contributed by atoms with Crippen LogP contribution in [0.3, 0.4) is 0 Å². The van der Waals surface area contributed by atoms with Crippen molar-refractivity contribution in [2.75, 3.05) is 25.0 Å². The van der Waals surface area contributed by atoms with E-state index in [1.165, 1.54) is 26.0 Å². The molecular formula is C31H40N4O11S4. The first-order valence-corrected chi connectivity index (χ1v) is 21.0. The van der Waals surface area contributed by atoms with Crippen molar-refractivity contribution in [1.82, 2.24) is 4.90 Å². The zero-order valence-corrected chi connectivity index (χ0v) is 31.1. The molecule has 50 heavy (non-hydrogen) atoms. The molecule has 0 radical (unpaired) electrons. The van der Waals surface area contributed by atoms with Crippen LogP contribution < -0.4 is 20.3 Å². The lowest BCUT2D eigenvalue weighted by Crippen LogP contribution is -2.43. The van der Waals surface area contributed by atoms with Gasteiger partial charge in [0.15, 0.2) is 15.6 Å². The maximum absolute atomic E-state index is 13.4. The Morgan fingerprint density at radius 3 is 2.36 bits per heavy atom. The van der Waals surface area contributed by atoms with Crippen LogP contribution in [0, 0.1) is 0 Å². The zero-order valence-electron chi connectivity index (χ0n) is 27.8. The van der Waals surface area contributed by atoms with Crippen LogP contribution in [-0.4, -0.2) is 79.3 Å². The first kappa shape index (κ1) is 39.2. The van der Waals surface area contributed by atoms with Crippen LogP contribution in [0.1, 0.15) is 57.3 Å². The van der Waals surface area contributed by atoms with Crippen molar-refractivity contribution in [3.05, 3.63) is 68.2 Å². The number of rotatable bonds is 14. The fourth-order valence-corrected chi connectivity index (χ4v) is 10.4. The van der Waals surface area contributed by atoms with E-state index >= 15 is 0 Å². The number of carbonyl (C=O) groups excluding carboxylic acids is 2. The summed E-state index contributed by atoms with van der Waals surface area (Å²) < 4.78 is 92.0. The van der Waals surface area contributed by atoms with Gasteiger partial charge in [-0.05, 0) is 69.5 Å². The Hall–Kier alpha value is -3.62. The van der Waals surface area contributed by atoms with Crippen molar-refractivity contribution in [3.63, 3.8) is 0 Å². The minimum Gasteiger partial charge on any atom is -0.458 e. The summed E-state index contributed by atoms with van der Waals surface area (Å²) in [5, 5.41) is 13.1. The third kappa shape index (κ3) is 8.99. The Morgan fingerprint density at radius 2 is 1.76 bits per heavy atom. The summed E-state index contributed by atoms with van der Waals surface area (Å²) in [6.45, 7) is 6.49. The normalized spacial score (nSPS) is 19.2. The third-order valence-corrected chi connectivity index (χ3v) is 14.0. The van der Waals surface area contributed by atoms with Crippen LogP contribution in [0.15, 0.2) is 67.5 Å². The molecule has 5 N–H and O–H groups in total. The SMILES string of the molecule is CCCCNc1cc(C(=O)OCC(C)OC(=O)N(CC)[C@H]2C=C(S(N)(=O)=O)SC3=C2C[C@H](C)S3(=O)=O)cc(S(N)(=O)=O)c1Oc1ccccc1. The van der Waals surface area contributed by atoms with Crippen LogP contribution in [0.25, 0.3) is 0 Å². The highest BCUT2D eigenvalue weighted by molar-refractivity contribution is 8.27. The molecule has 0 saturated carbocycles. The van der Waals surface area contributed by atoms with Crippen molar-refractivity contribution in [2.24, 2.45) is 10.3 Å². The lowest BCUT2D eigenvalue weighted by Gasteiger charge is -2.32. The van der Waals surface area contributed by atoms with Crippen LogP contribution in [0.2, 0.25) is 0 Å². The number of hydrogen-bond donors (Lipinski definition) is 3. The number of anilines is 1. The Morgan fingerprint density at radius 1 is 1.08 bits per heavy atom. The van der Waals surface area contributed by atoms with Crippen molar-refractivity contribution in [2.45, 2.75) is 69.2 Å². The van der Waals surface area contributed by atoms with Gasteiger partial charge in [0.1, 0.15) is 31.8 Å². The molecule has 0 saturated heterocycles. The Labute approximate surface area is 296 Å². The minimum atomic E-state index is -4.40. The predicted octanol–water partition coefficient (Wildman–Crippen LogP) is 4.01. The molecule has 2 aromatic rings. The lowest BCUT2D eigenvalue weighted by atomic mass is 10.0. The van der Waals surface area contributed by atoms with E-state index in [1.807, 2.05) is 6.92 Å². The van der Waals surface area contributed by atoms with Crippen molar-refractivity contribution in [1.29, 1.82) is 0 Å². The number of hydrogen-bond acceptors (Lipinski definition) is 13. The first-order valence-electron chi connectivity index (χ1n) is 15.6. The molecule has 2 aliphatic heterocycles. The molecule has 0 aliphatic carbocycles. The fourth-order valence-electron chi connectivity index (χ4n) is 5.18.